The molecule has 13 heavy (non-hydrogen) atoms. The fourth-order valence-corrected chi connectivity index (χ4v) is 1.76. The third-order valence-electron chi connectivity index (χ3n) is 2.16. The fourth-order valence-electron chi connectivity index (χ4n) is 1.19. The number of nitrogens with zero attached hydrogens (tertiary/aromatic N) is 1. The predicted octanol–water partition coefficient (Wildman–Crippen LogP) is 0.419. The number of nitrogens with one attached hydrogen (secondary N) is 1. The molecule has 0 aromatic heterocycles. The second-order valence-electron chi connectivity index (χ2n) is 3.16. The van der Waals surface area contributed by atoms with Gasteiger partial charge in [-0.05, 0) is 32.5 Å². The van der Waals surface area contributed by atoms with E-state index in [4.69, 9.17) is 4.89 Å². The maximum atomic E-state index is 10.9. The van der Waals surface area contributed by atoms with E-state index < -0.39 is 7.75 Å². The molecule has 0 aromatic rings. The third kappa shape index (κ3) is 4.20. The van der Waals surface area contributed by atoms with Crippen LogP contribution < -0.4 is 5.09 Å². The Morgan fingerprint density at radius 1 is 1.62 bits per heavy atom. The van der Waals surface area contributed by atoms with E-state index in [1.165, 1.54) is 26.6 Å². The molecule has 1 saturated heterocycles. The van der Waals surface area contributed by atoms with Gasteiger partial charge in [0.25, 0.3) is 0 Å². The first kappa shape index (κ1) is 11.1. The zero-order valence-corrected chi connectivity index (χ0v) is 8.80. The van der Waals surface area contributed by atoms with Gasteiger partial charge in [0, 0.05) is 13.7 Å². The van der Waals surface area contributed by atoms with E-state index in [0.717, 1.165) is 13.0 Å². The lowest BCUT2D eigenvalue weighted by atomic mass is 10.2. The molecule has 1 heterocycles. The molecule has 0 radical (unpaired) electrons. The van der Waals surface area contributed by atoms with Crippen molar-refractivity contribution in [2.75, 3.05) is 33.3 Å². The van der Waals surface area contributed by atoms with Gasteiger partial charge in [0.2, 0.25) is 0 Å². The van der Waals surface area contributed by atoms with Crippen LogP contribution in [0.2, 0.25) is 0 Å². The lowest BCUT2D eigenvalue weighted by Gasteiger charge is -2.30. The minimum atomic E-state index is -3.49. The molecular weight excluding hydrogens is 191 g/mol. The van der Waals surface area contributed by atoms with E-state index in [9.17, 15) is 4.57 Å². The highest BCUT2D eigenvalue weighted by atomic mass is 31.2. The third-order valence-corrected chi connectivity index (χ3v) is 3.28. The summed E-state index contributed by atoms with van der Waals surface area (Å²) < 4.78 is 15.3. The fraction of sp³-hybridized carbons (Fsp3) is 1.00. The van der Waals surface area contributed by atoms with E-state index in [1.54, 1.807) is 0 Å². The summed E-state index contributed by atoms with van der Waals surface area (Å²) in [6.45, 7) is 3.86. The molecular formula is C7H17N2O3P. The average Bonchev–Trinajstić information content (AvgIpc) is 2.01. The summed E-state index contributed by atoms with van der Waals surface area (Å²) in [6, 6.07) is 0. The molecule has 0 aliphatic carbocycles. The molecule has 1 aliphatic heterocycles. The molecule has 0 aromatic carbocycles. The molecule has 0 saturated carbocycles. The molecule has 6 heteroatoms. The molecule has 1 rings (SSSR count). The van der Waals surface area contributed by atoms with Crippen LogP contribution in [0.15, 0.2) is 0 Å². The summed E-state index contributed by atoms with van der Waals surface area (Å²) in [5, 5.41) is 2.47. The summed E-state index contributed by atoms with van der Waals surface area (Å²) in [4.78, 5) is 11.3. The molecule has 0 amide bonds. The zero-order valence-electron chi connectivity index (χ0n) is 7.90. The molecule has 5 nitrogen and oxygen atoms in total. The summed E-state index contributed by atoms with van der Waals surface area (Å²) >= 11 is 0. The standard InChI is InChI=1S/C7H17N2O3P/c1-12-13(10,11)8-4-2-5-9-6-3-7-9/h2-7H2,1H3,(H2,8,10,11). The second kappa shape index (κ2) is 5.08. The predicted molar refractivity (Wildman–Crippen MR) is 50.5 cm³/mol. The Morgan fingerprint density at radius 3 is 2.77 bits per heavy atom. The van der Waals surface area contributed by atoms with Crippen molar-refractivity contribution in [3.8, 4) is 0 Å². The van der Waals surface area contributed by atoms with Crippen LogP contribution in [0.1, 0.15) is 12.8 Å². The van der Waals surface area contributed by atoms with Crippen molar-refractivity contribution in [3.05, 3.63) is 0 Å². The normalized spacial score (nSPS) is 22.3. The van der Waals surface area contributed by atoms with Gasteiger partial charge >= 0.3 is 7.75 Å². The van der Waals surface area contributed by atoms with Gasteiger partial charge in [-0.15, -0.1) is 0 Å². The van der Waals surface area contributed by atoms with Crippen molar-refractivity contribution >= 4 is 7.75 Å². The van der Waals surface area contributed by atoms with Gasteiger partial charge in [-0.1, -0.05) is 0 Å². The quantitative estimate of drug-likeness (QED) is 0.489. The summed E-state index contributed by atoms with van der Waals surface area (Å²) in [7, 11) is -2.27. The van der Waals surface area contributed by atoms with E-state index in [1.807, 2.05) is 0 Å². The van der Waals surface area contributed by atoms with Crippen LogP contribution in [0.4, 0.5) is 0 Å². The Balaban J connectivity index is 1.96. The van der Waals surface area contributed by atoms with Gasteiger partial charge in [0.05, 0.1) is 0 Å². The van der Waals surface area contributed by atoms with Crippen LogP contribution in [0.5, 0.6) is 0 Å². The number of hydrogen-bond donors (Lipinski definition) is 2. The largest absolute Gasteiger partial charge is 0.402 e. The topological polar surface area (TPSA) is 61.8 Å². The van der Waals surface area contributed by atoms with E-state index in [2.05, 4.69) is 14.5 Å². The Bertz CT molecular complexity index is 196. The maximum absolute atomic E-state index is 10.9. The molecule has 1 atom stereocenters. The van der Waals surface area contributed by atoms with Gasteiger partial charge in [0.1, 0.15) is 0 Å². The Labute approximate surface area is 78.7 Å². The minimum absolute atomic E-state index is 0.526. The summed E-state index contributed by atoms with van der Waals surface area (Å²) in [5.74, 6) is 0. The first-order chi connectivity index (χ1) is 6.14. The monoisotopic (exact) mass is 208 g/mol. The van der Waals surface area contributed by atoms with Crippen molar-refractivity contribution < 1.29 is 14.0 Å². The van der Waals surface area contributed by atoms with E-state index in [0.29, 0.717) is 6.54 Å². The Hall–Kier alpha value is 0.0700. The van der Waals surface area contributed by atoms with Crippen LogP contribution in [0.25, 0.3) is 0 Å². The van der Waals surface area contributed by atoms with Gasteiger partial charge < -0.3 is 14.3 Å². The van der Waals surface area contributed by atoms with Crippen LogP contribution in [-0.2, 0) is 9.09 Å². The van der Waals surface area contributed by atoms with Crippen molar-refractivity contribution in [2.45, 2.75) is 12.8 Å². The van der Waals surface area contributed by atoms with Crippen molar-refractivity contribution in [3.63, 3.8) is 0 Å². The lowest BCUT2D eigenvalue weighted by molar-refractivity contribution is 0.179. The molecule has 2 N–H and O–H groups in total. The maximum Gasteiger partial charge on any atom is 0.402 e. The molecule has 1 fully saturated rings. The highest BCUT2D eigenvalue weighted by molar-refractivity contribution is 7.50. The van der Waals surface area contributed by atoms with Gasteiger partial charge in [-0.2, -0.15) is 0 Å². The average molecular weight is 208 g/mol. The summed E-state index contributed by atoms with van der Waals surface area (Å²) in [5.41, 5.74) is 0. The number of rotatable bonds is 6. The molecule has 0 bridgehead atoms. The van der Waals surface area contributed by atoms with Crippen molar-refractivity contribution in [1.29, 1.82) is 0 Å². The van der Waals surface area contributed by atoms with Crippen LogP contribution in [0.3, 0.4) is 0 Å². The summed E-state index contributed by atoms with van der Waals surface area (Å²) in [6.07, 6.45) is 2.16. The van der Waals surface area contributed by atoms with Crippen molar-refractivity contribution in [1.82, 2.24) is 9.99 Å². The van der Waals surface area contributed by atoms with Crippen molar-refractivity contribution in [2.24, 2.45) is 0 Å². The Kier molecular flexibility index (Phi) is 4.35. The van der Waals surface area contributed by atoms with Crippen LogP contribution >= 0.6 is 7.75 Å². The van der Waals surface area contributed by atoms with Gasteiger partial charge in [-0.25, -0.2) is 9.65 Å². The first-order valence-electron chi connectivity index (χ1n) is 4.50. The van der Waals surface area contributed by atoms with E-state index in [-0.39, 0.29) is 0 Å². The molecule has 1 unspecified atom stereocenters. The van der Waals surface area contributed by atoms with Gasteiger partial charge in [-0.3, -0.25) is 0 Å². The minimum Gasteiger partial charge on any atom is -0.312 e. The molecule has 78 valence electrons. The molecule has 0 spiro atoms. The number of hydrogen-bond acceptors (Lipinski definition) is 3. The Morgan fingerprint density at radius 2 is 2.31 bits per heavy atom. The van der Waals surface area contributed by atoms with Crippen LogP contribution in [0, 0.1) is 0 Å². The number of likely N-dealkylation sites (tertiary alicyclic amines) is 1. The van der Waals surface area contributed by atoms with Gasteiger partial charge in [0.15, 0.2) is 0 Å². The zero-order chi connectivity index (χ0) is 9.73. The molecule has 1 aliphatic rings. The second-order valence-corrected chi connectivity index (χ2v) is 4.88. The smallest absolute Gasteiger partial charge is 0.312 e. The first-order valence-corrected chi connectivity index (χ1v) is 6.08. The highest BCUT2D eigenvalue weighted by Gasteiger charge is 2.16. The van der Waals surface area contributed by atoms with E-state index >= 15 is 0 Å². The SMILES string of the molecule is COP(=O)(O)NCCCN1CCC1. The highest BCUT2D eigenvalue weighted by Crippen LogP contribution is 2.34. The lowest BCUT2D eigenvalue weighted by Crippen LogP contribution is -2.38. The van der Waals surface area contributed by atoms with Crippen LogP contribution in [-0.4, -0.2) is 43.1 Å².